The van der Waals surface area contributed by atoms with Crippen LogP contribution in [0.4, 0.5) is 0 Å². The van der Waals surface area contributed by atoms with Gasteiger partial charge in [-0.05, 0) is 18.2 Å². The molecule has 0 spiro atoms. The first-order chi connectivity index (χ1) is 9.43. The van der Waals surface area contributed by atoms with Crippen molar-refractivity contribution in [2.45, 2.75) is 0 Å². The molecule has 0 aliphatic rings. The molecule has 0 saturated heterocycles. The van der Waals surface area contributed by atoms with Crippen LogP contribution >= 0.6 is 11.3 Å². The molecule has 0 fully saturated rings. The highest BCUT2D eigenvalue weighted by molar-refractivity contribution is 7.26. The van der Waals surface area contributed by atoms with Crippen LogP contribution in [0, 0.1) is 6.07 Å². The number of benzene rings is 2. The Morgan fingerprint density at radius 2 is 2.00 bits per heavy atom. The summed E-state index contributed by atoms with van der Waals surface area (Å²) in [5.41, 5.74) is 2.43. The van der Waals surface area contributed by atoms with Gasteiger partial charge in [-0.25, -0.2) is 0 Å². The molecule has 0 amide bonds. The molecule has 89 valence electrons. The average molecular weight is 260 g/mol. The van der Waals surface area contributed by atoms with Crippen molar-refractivity contribution in [3.05, 3.63) is 67.0 Å². The van der Waals surface area contributed by atoms with Crippen LogP contribution in [0.2, 0.25) is 0 Å². The van der Waals surface area contributed by atoms with Gasteiger partial charge in [0.1, 0.15) is 0 Å². The number of thiophene rings is 1. The minimum atomic E-state index is 1.17. The molecule has 0 N–H and O–H groups in total. The SMILES string of the molecule is [c]1ccc2c(c1)sc1c(-c3cccnc3)cccc12. The Bertz CT molecular complexity index is 862. The molecule has 0 aliphatic carbocycles. The van der Waals surface area contributed by atoms with Crippen molar-refractivity contribution in [3.63, 3.8) is 0 Å². The summed E-state index contributed by atoms with van der Waals surface area (Å²) in [5, 5.41) is 2.62. The Hall–Kier alpha value is -2.19. The first-order valence-corrected chi connectivity index (χ1v) is 6.97. The topological polar surface area (TPSA) is 12.9 Å². The fourth-order valence-electron chi connectivity index (χ4n) is 2.44. The quantitative estimate of drug-likeness (QED) is 0.473. The van der Waals surface area contributed by atoms with E-state index in [9.17, 15) is 0 Å². The Labute approximate surface area is 115 Å². The normalized spacial score (nSPS) is 11.2. The van der Waals surface area contributed by atoms with Crippen molar-refractivity contribution in [1.82, 2.24) is 4.98 Å². The molecule has 0 atom stereocenters. The molecule has 4 rings (SSSR count). The molecule has 0 bridgehead atoms. The van der Waals surface area contributed by atoms with E-state index >= 15 is 0 Å². The first kappa shape index (κ1) is 10.7. The summed E-state index contributed by atoms with van der Waals surface area (Å²) in [6.45, 7) is 0. The summed E-state index contributed by atoms with van der Waals surface area (Å²) in [6.07, 6.45) is 3.73. The van der Waals surface area contributed by atoms with Crippen molar-refractivity contribution in [1.29, 1.82) is 0 Å². The molecule has 0 aliphatic heterocycles. The second-order valence-electron chi connectivity index (χ2n) is 4.45. The fraction of sp³-hybridized carbons (Fsp3) is 0. The molecule has 4 aromatic rings. The van der Waals surface area contributed by atoms with E-state index in [-0.39, 0.29) is 0 Å². The lowest BCUT2D eigenvalue weighted by Crippen LogP contribution is -1.78. The van der Waals surface area contributed by atoms with E-state index in [2.05, 4.69) is 47.4 Å². The maximum Gasteiger partial charge on any atom is 0.0434 e. The zero-order chi connectivity index (χ0) is 12.7. The highest BCUT2D eigenvalue weighted by atomic mass is 32.1. The van der Waals surface area contributed by atoms with Crippen molar-refractivity contribution in [2.24, 2.45) is 0 Å². The lowest BCUT2D eigenvalue weighted by atomic mass is 10.0. The van der Waals surface area contributed by atoms with Gasteiger partial charge in [-0.15, -0.1) is 11.3 Å². The van der Waals surface area contributed by atoms with Crippen LogP contribution in [0.25, 0.3) is 31.3 Å². The maximum absolute atomic E-state index is 4.22. The molecular weight excluding hydrogens is 250 g/mol. The number of nitrogens with zero attached hydrogens (tertiary/aromatic N) is 1. The van der Waals surface area contributed by atoms with E-state index in [4.69, 9.17) is 0 Å². The molecule has 2 heteroatoms. The smallest absolute Gasteiger partial charge is 0.0434 e. The van der Waals surface area contributed by atoms with Crippen molar-refractivity contribution in [3.8, 4) is 11.1 Å². The largest absolute Gasteiger partial charge is 0.264 e. The lowest BCUT2D eigenvalue weighted by Gasteiger charge is -2.02. The monoisotopic (exact) mass is 260 g/mol. The molecule has 1 nitrogen and oxygen atoms in total. The van der Waals surface area contributed by atoms with Crippen LogP contribution in [0.3, 0.4) is 0 Å². The summed E-state index contributed by atoms with van der Waals surface area (Å²) in [5.74, 6) is 0. The van der Waals surface area contributed by atoms with E-state index in [1.54, 1.807) is 0 Å². The van der Waals surface area contributed by atoms with Gasteiger partial charge >= 0.3 is 0 Å². The summed E-state index contributed by atoms with van der Waals surface area (Å²) in [7, 11) is 0. The minimum absolute atomic E-state index is 1.17. The third-order valence-electron chi connectivity index (χ3n) is 3.32. The van der Waals surface area contributed by atoms with E-state index in [1.807, 2.05) is 35.9 Å². The van der Waals surface area contributed by atoms with Crippen molar-refractivity contribution < 1.29 is 0 Å². The Balaban J connectivity index is 2.13. The molecule has 2 heterocycles. The van der Waals surface area contributed by atoms with E-state index in [1.165, 1.54) is 31.3 Å². The fourth-order valence-corrected chi connectivity index (χ4v) is 3.66. The predicted octanol–water partition coefficient (Wildman–Crippen LogP) is 4.92. The molecule has 19 heavy (non-hydrogen) atoms. The number of fused-ring (bicyclic) bond motifs is 3. The predicted molar refractivity (Wildman–Crippen MR) is 81.4 cm³/mol. The molecule has 0 saturated carbocycles. The third kappa shape index (κ3) is 1.65. The summed E-state index contributed by atoms with van der Waals surface area (Å²) >= 11 is 1.82. The van der Waals surface area contributed by atoms with Gasteiger partial charge in [-0.2, -0.15) is 0 Å². The van der Waals surface area contributed by atoms with Crippen LogP contribution in [0.1, 0.15) is 0 Å². The molecular formula is C17H10NS. The van der Waals surface area contributed by atoms with Gasteiger partial charge in [0.2, 0.25) is 0 Å². The van der Waals surface area contributed by atoms with Gasteiger partial charge in [-0.1, -0.05) is 36.4 Å². The number of hydrogen-bond donors (Lipinski definition) is 0. The first-order valence-electron chi connectivity index (χ1n) is 6.15. The lowest BCUT2D eigenvalue weighted by molar-refractivity contribution is 1.33. The van der Waals surface area contributed by atoms with Gasteiger partial charge in [0.25, 0.3) is 0 Å². The van der Waals surface area contributed by atoms with Crippen LogP contribution in [0.5, 0.6) is 0 Å². The van der Waals surface area contributed by atoms with Crippen molar-refractivity contribution >= 4 is 31.5 Å². The average Bonchev–Trinajstić information content (AvgIpc) is 2.87. The Morgan fingerprint density at radius 3 is 2.89 bits per heavy atom. The van der Waals surface area contributed by atoms with Crippen molar-refractivity contribution in [2.75, 3.05) is 0 Å². The molecule has 0 unspecified atom stereocenters. The zero-order valence-electron chi connectivity index (χ0n) is 10.1. The van der Waals surface area contributed by atoms with Crippen LogP contribution in [0.15, 0.2) is 60.9 Å². The highest BCUT2D eigenvalue weighted by Crippen LogP contribution is 2.39. The van der Waals surface area contributed by atoms with E-state index < -0.39 is 0 Å². The van der Waals surface area contributed by atoms with Gasteiger partial charge < -0.3 is 0 Å². The second kappa shape index (κ2) is 4.18. The standard InChI is InChI=1S/C17H10NS/c1-2-9-16-14(6-1)15-8-3-7-13(17(15)19-16)12-5-4-10-18-11-12/h1,3-11H. The summed E-state index contributed by atoms with van der Waals surface area (Å²) in [4.78, 5) is 4.22. The number of hydrogen-bond acceptors (Lipinski definition) is 2. The summed E-state index contributed by atoms with van der Waals surface area (Å²) in [6, 6.07) is 19.9. The zero-order valence-corrected chi connectivity index (χ0v) is 10.9. The van der Waals surface area contributed by atoms with Crippen LogP contribution < -0.4 is 0 Å². The second-order valence-corrected chi connectivity index (χ2v) is 5.50. The number of rotatable bonds is 1. The van der Waals surface area contributed by atoms with Gasteiger partial charge in [0.15, 0.2) is 0 Å². The van der Waals surface area contributed by atoms with E-state index in [0.717, 1.165) is 0 Å². The number of pyridine rings is 1. The third-order valence-corrected chi connectivity index (χ3v) is 4.52. The van der Waals surface area contributed by atoms with Gasteiger partial charge in [-0.3, -0.25) is 4.98 Å². The molecule has 2 aromatic heterocycles. The van der Waals surface area contributed by atoms with Crippen LogP contribution in [-0.2, 0) is 0 Å². The summed E-state index contributed by atoms with van der Waals surface area (Å²) < 4.78 is 2.61. The number of aromatic nitrogens is 1. The highest BCUT2D eigenvalue weighted by Gasteiger charge is 2.09. The van der Waals surface area contributed by atoms with E-state index in [0.29, 0.717) is 0 Å². The van der Waals surface area contributed by atoms with Gasteiger partial charge in [0.05, 0.1) is 0 Å². The Kier molecular flexibility index (Phi) is 2.35. The van der Waals surface area contributed by atoms with Crippen LogP contribution in [-0.4, -0.2) is 4.98 Å². The molecule has 2 aromatic carbocycles. The van der Waals surface area contributed by atoms with Gasteiger partial charge in [0, 0.05) is 43.7 Å². The maximum atomic E-state index is 4.22. The Morgan fingerprint density at radius 1 is 1.00 bits per heavy atom. The molecule has 1 radical (unpaired) electrons. The minimum Gasteiger partial charge on any atom is -0.264 e.